The molecule has 0 amide bonds. The van der Waals surface area contributed by atoms with Crippen LogP contribution in [0, 0.1) is 0 Å². The van der Waals surface area contributed by atoms with Gasteiger partial charge in [0.25, 0.3) is 0 Å². The van der Waals surface area contributed by atoms with Gasteiger partial charge in [0.05, 0.1) is 5.69 Å². The van der Waals surface area contributed by atoms with Crippen molar-refractivity contribution in [2.24, 2.45) is 0 Å². The molecule has 1 rings (SSSR count). The highest BCUT2D eigenvalue weighted by molar-refractivity contribution is 5.62. The molecule has 15 heavy (non-hydrogen) atoms. The molecule has 0 aliphatic heterocycles. The van der Waals surface area contributed by atoms with E-state index < -0.39 is 0 Å². The zero-order valence-electron chi connectivity index (χ0n) is 9.99. The molecule has 1 aromatic heterocycles. The Balaban J connectivity index is 2.89. The van der Waals surface area contributed by atoms with Crippen molar-refractivity contribution in [1.82, 2.24) is 4.98 Å². The molecule has 0 radical (unpaired) electrons. The van der Waals surface area contributed by atoms with Gasteiger partial charge in [0, 0.05) is 6.20 Å². The molecular weight excluding hydrogens is 182 g/mol. The minimum atomic E-state index is 0.548. The molecule has 1 heteroatoms. The quantitative estimate of drug-likeness (QED) is 0.668. The molecule has 1 nitrogen and oxygen atoms in total. The van der Waals surface area contributed by atoms with Crippen LogP contribution in [0.4, 0.5) is 0 Å². The molecule has 0 N–H and O–H groups in total. The van der Waals surface area contributed by atoms with Crippen molar-refractivity contribution in [2.75, 3.05) is 0 Å². The van der Waals surface area contributed by atoms with Gasteiger partial charge in [-0.05, 0) is 37.0 Å². The number of pyridine rings is 1. The van der Waals surface area contributed by atoms with Crippen molar-refractivity contribution in [3.63, 3.8) is 0 Å². The lowest BCUT2D eigenvalue weighted by Crippen LogP contribution is -1.91. The van der Waals surface area contributed by atoms with Crippen LogP contribution >= 0.6 is 0 Å². The lowest BCUT2D eigenvalue weighted by atomic mass is 10.0. The van der Waals surface area contributed by atoms with Crippen LogP contribution in [0.25, 0.3) is 5.57 Å². The van der Waals surface area contributed by atoms with Gasteiger partial charge in [0.2, 0.25) is 0 Å². The summed E-state index contributed by atoms with van der Waals surface area (Å²) in [6, 6.07) is 4.24. The average molecular weight is 201 g/mol. The zero-order valence-corrected chi connectivity index (χ0v) is 9.99. The fraction of sp³-hybridized carbons (Fsp3) is 0.357. The molecule has 80 valence electrons. The second kappa shape index (κ2) is 5.50. The Morgan fingerprint density at radius 1 is 1.33 bits per heavy atom. The zero-order chi connectivity index (χ0) is 11.3. The van der Waals surface area contributed by atoms with E-state index in [0.717, 1.165) is 5.69 Å². The number of hydrogen-bond acceptors (Lipinski definition) is 1. The first-order valence-electron chi connectivity index (χ1n) is 5.41. The number of aromatic nitrogens is 1. The van der Waals surface area contributed by atoms with Gasteiger partial charge >= 0.3 is 0 Å². The van der Waals surface area contributed by atoms with E-state index >= 15 is 0 Å². The molecule has 0 spiro atoms. The molecule has 0 aliphatic carbocycles. The van der Waals surface area contributed by atoms with E-state index in [2.05, 4.69) is 44.0 Å². The van der Waals surface area contributed by atoms with Gasteiger partial charge in [-0.3, -0.25) is 4.98 Å². The normalized spacial score (nSPS) is 12.7. The summed E-state index contributed by atoms with van der Waals surface area (Å²) in [7, 11) is 0. The Kier molecular flexibility index (Phi) is 4.29. The number of allylic oxidation sites excluding steroid dienone is 4. The van der Waals surface area contributed by atoms with E-state index in [1.165, 1.54) is 11.1 Å². The highest BCUT2D eigenvalue weighted by Crippen LogP contribution is 2.16. The second-order valence-electron chi connectivity index (χ2n) is 4.01. The fourth-order valence-electron chi connectivity index (χ4n) is 1.31. The molecule has 1 heterocycles. The minimum absolute atomic E-state index is 0.548. The summed E-state index contributed by atoms with van der Waals surface area (Å²) in [6.07, 6.45) is 8.10. The van der Waals surface area contributed by atoms with Gasteiger partial charge in [-0.2, -0.15) is 0 Å². The van der Waals surface area contributed by atoms with Crippen molar-refractivity contribution in [3.8, 4) is 0 Å². The van der Waals surface area contributed by atoms with Gasteiger partial charge in [-0.1, -0.05) is 38.1 Å². The van der Waals surface area contributed by atoms with Crippen LogP contribution in [-0.2, 0) is 0 Å². The van der Waals surface area contributed by atoms with Crippen LogP contribution in [0.15, 0.2) is 36.6 Å². The standard InChI is InChI=1S/C14H19N/c1-5-6-7-12(4)14-9-8-13(10-15-14)11(2)3/h5-11H,1-4H3/b6-5-,12-7+. The van der Waals surface area contributed by atoms with Gasteiger partial charge in [0.1, 0.15) is 0 Å². The minimum Gasteiger partial charge on any atom is -0.256 e. The van der Waals surface area contributed by atoms with E-state index in [4.69, 9.17) is 0 Å². The second-order valence-corrected chi connectivity index (χ2v) is 4.01. The SMILES string of the molecule is C/C=C\C=C(/C)c1ccc(C(C)C)cn1. The number of hydrogen-bond donors (Lipinski definition) is 0. The summed E-state index contributed by atoms with van der Waals surface area (Å²) >= 11 is 0. The fourth-order valence-corrected chi connectivity index (χ4v) is 1.31. The molecule has 0 aliphatic rings. The third-order valence-electron chi connectivity index (χ3n) is 2.40. The van der Waals surface area contributed by atoms with E-state index in [1.54, 1.807) is 0 Å². The van der Waals surface area contributed by atoms with Crippen molar-refractivity contribution in [1.29, 1.82) is 0 Å². The Labute approximate surface area is 92.6 Å². The third kappa shape index (κ3) is 3.35. The summed E-state index contributed by atoms with van der Waals surface area (Å²) in [6.45, 7) is 8.45. The molecule has 0 bridgehead atoms. The van der Waals surface area contributed by atoms with Gasteiger partial charge in [-0.15, -0.1) is 0 Å². The molecular formula is C14H19N. The maximum atomic E-state index is 4.45. The lowest BCUT2D eigenvalue weighted by Gasteiger charge is -2.05. The highest BCUT2D eigenvalue weighted by Gasteiger charge is 2.00. The van der Waals surface area contributed by atoms with Crippen LogP contribution in [0.5, 0.6) is 0 Å². The summed E-state index contributed by atoms with van der Waals surface area (Å²) in [5, 5.41) is 0. The monoisotopic (exact) mass is 201 g/mol. The lowest BCUT2D eigenvalue weighted by molar-refractivity contribution is 0.857. The van der Waals surface area contributed by atoms with E-state index in [0.29, 0.717) is 5.92 Å². The number of rotatable bonds is 3. The number of nitrogens with zero attached hydrogens (tertiary/aromatic N) is 1. The topological polar surface area (TPSA) is 12.9 Å². The molecule has 0 atom stereocenters. The first-order chi connectivity index (χ1) is 7.15. The van der Waals surface area contributed by atoms with Gasteiger partial charge < -0.3 is 0 Å². The molecule has 0 unspecified atom stereocenters. The van der Waals surface area contributed by atoms with Crippen LogP contribution in [0.1, 0.15) is 44.9 Å². The van der Waals surface area contributed by atoms with Crippen molar-refractivity contribution >= 4 is 5.57 Å². The predicted octanol–water partition coefficient (Wildman–Crippen LogP) is 4.18. The third-order valence-corrected chi connectivity index (χ3v) is 2.40. The Morgan fingerprint density at radius 2 is 2.07 bits per heavy atom. The predicted molar refractivity (Wildman–Crippen MR) is 66.8 cm³/mol. The van der Waals surface area contributed by atoms with Crippen molar-refractivity contribution in [2.45, 2.75) is 33.6 Å². The van der Waals surface area contributed by atoms with E-state index in [9.17, 15) is 0 Å². The highest BCUT2D eigenvalue weighted by atomic mass is 14.7. The Bertz CT molecular complexity index is 355. The molecule has 0 aromatic carbocycles. The summed E-state index contributed by atoms with van der Waals surface area (Å²) in [4.78, 5) is 4.45. The Morgan fingerprint density at radius 3 is 2.53 bits per heavy atom. The maximum absolute atomic E-state index is 4.45. The molecule has 1 aromatic rings. The summed E-state index contributed by atoms with van der Waals surface area (Å²) in [5.41, 5.74) is 3.54. The summed E-state index contributed by atoms with van der Waals surface area (Å²) < 4.78 is 0. The molecule has 0 saturated heterocycles. The smallest absolute Gasteiger partial charge is 0.0658 e. The van der Waals surface area contributed by atoms with Crippen LogP contribution in [0.2, 0.25) is 0 Å². The van der Waals surface area contributed by atoms with Crippen molar-refractivity contribution in [3.05, 3.63) is 47.8 Å². The van der Waals surface area contributed by atoms with E-state index in [1.807, 2.05) is 25.3 Å². The molecule has 0 fully saturated rings. The van der Waals surface area contributed by atoms with Crippen LogP contribution in [-0.4, -0.2) is 4.98 Å². The first-order valence-corrected chi connectivity index (χ1v) is 5.41. The first kappa shape index (κ1) is 11.7. The summed E-state index contributed by atoms with van der Waals surface area (Å²) in [5.74, 6) is 0.548. The van der Waals surface area contributed by atoms with Gasteiger partial charge in [0.15, 0.2) is 0 Å². The maximum Gasteiger partial charge on any atom is 0.0658 e. The van der Waals surface area contributed by atoms with Crippen molar-refractivity contribution < 1.29 is 0 Å². The van der Waals surface area contributed by atoms with Crippen LogP contribution < -0.4 is 0 Å². The van der Waals surface area contributed by atoms with Crippen LogP contribution in [0.3, 0.4) is 0 Å². The Hall–Kier alpha value is -1.37. The largest absolute Gasteiger partial charge is 0.256 e. The van der Waals surface area contributed by atoms with E-state index in [-0.39, 0.29) is 0 Å². The average Bonchev–Trinajstić information content (AvgIpc) is 2.26. The molecule has 0 saturated carbocycles. The van der Waals surface area contributed by atoms with Gasteiger partial charge in [-0.25, -0.2) is 0 Å².